The summed E-state index contributed by atoms with van der Waals surface area (Å²) in [6, 6.07) is 6.96. The van der Waals surface area contributed by atoms with Gasteiger partial charge in [-0.25, -0.2) is 0 Å². The summed E-state index contributed by atoms with van der Waals surface area (Å²) in [6.45, 7) is 8.48. The average molecular weight is 341 g/mol. The lowest BCUT2D eigenvalue weighted by atomic mass is 9.89. The van der Waals surface area contributed by atoms with E-state index in [0.29, 0.717) is 24.1 Å². The van der Waals surface area contributed by atoms with Gasteiger partial charge in [-0.3, -0.25) is 14.5 Å². The van der Waals surface area contributed by atoms with Crippen LogP contribution in [0.2, 0.25) is 0 Å². The van der Waals surface area contributed by atoms with Crippen LogP contribution in [-0.2, 0) is 9.31 Å². The predicted molar refractivity (Wildman–Crippen MR) is 96.3 cm³/mol. The highest BCUT2D eigenvalue weighted by Gasteiger charge is 2.49. The highest BCUT2D eigenvalue weighted by Crippen LogP contribution is 2.36. The molecule has 2 aliphatic rings. The van der Waals surface area contributed by atoms with E-state index in [1.54, 1.807) is 24.3 Å². The Hall–Kier alpha value is -1.92. The standard InChI is InChI=1S/C19H24BNO4/c1-18(2)19(3,4)25-20(24-18)12-8-5-9-13-21-16(22)14-10-6-7-11-15(14)17(21)23/h6-8,10-12H,5,9,13H2,1-4H3/b12-8-. The number of benzene rings is 1. The van der Waals surface area contributed by atoms with E-state index in [4.69, 9.17) is 9.31 Å². The van der Waals surface area contributed by atoms with E-state index in [-0.39, 0.29) is 30.1 Å². The molecule has 0 aliphatic carbocycles. The van der Waals surface area contributed by atoms with Gasteiger partial charge in [-0.1, -0.05) is 24.2 Å². The van der Waals surface area contributed by atoms with Crippen LogP contribution < -0.4 is 0 Å². The van der Waals surface area contributed by atoms with Gasteiger partial charge in [0.25, 0.3) is 11.8 Å². The van der Waals surface area contributed by atoms with Crippen molar-refractivity contribution in [2.24, 2.45) is 0 Å². The second-order valence-electron chi connectivity index (χ2n) is 7.50. The minimum Gasteiger partial charge on any atom is -0.400 e. The lowest BCUT2D eigenvalue weighted by Gasteiger charge is -2.32. The number of allylic oxidation sites excluding steroid dienone is 1. The number of hydrogen-bond donors (Lipinski definition) is 0. The third-order valence-corrected chi connectivity index (χ3v) is 5.20. The Morgan fingerprint density at radius 3 is 2.04 bits per heavy atom. The second-order valence-corrected chi connectivity index (χ2v) is 7.50. The summed E-state index contributed by atoms with van der Waals surface area (Å²) in [5.41, 5.74) is 0.310. The molecule has 0 atom stereocenters. The van der Waals surface area contributed by atoms with Gasteiger partial charge in [0.15, 0.2) is 0 Å². The van der Waals surface area contributed by atoms with E-state index in [1.165, 1.54) is 4.90 Å². The first-order chi connectivity index (χ1) is 11.7. The summed E-state index contributed by atoms with van der Waals surface area (Å²) in [5.74, 6) is 1.50. The Balaban J connectivity index is 1.49. The van der Waals surface area contributed by atoms with Crippen LogP contribution in [0.3, 0.4) is 0 Å². The minimum absolute atomic E-state index is 0.199. The fourth-order valence-electron chi connectivity index (χ4n) is 2.98. The van der Waals surface area contributed by atoms with Crippen LogP contribution in [0.5, 0.6) is 0 Å². The first-order valence-electron chi connectivity index (χ1n) is 8.70. The molecule has 0 saturated carbocycles. The van der Waals surface area contributed by atoms with Gasteiger partial charge in [0.05, 0.1) is 22.3 Å². The van der Waals surface area contributed by atoms with Gasteiger partial charge in [-0.05, 0) is 52.7 Å². The Morgan fingerprint density at radius 2 is 1.52 bits per heavy atom. The fourth-order valence-corrected chi connectivity index (χ4v) is 2.98. The molecule has 0 aromatic heterocycles. The van der Waals surface area contributed by atoms with Gasteiger partial charge in [-0.15, -0.1) is 0 Å². The zero-order chi connectivity index (χ0) is 18.2. The lowest BCUT2D eigenvalue weighted by Crippen LogP contribution is -2.41. The van der Waals surface area contributed by atoms with Crippen molar-refractivity contribution < 1.29 is 18.9 Å². The molecule has 132 valence electrons. The maximum atomic E-state index is 12.3. The number of carbonyl (C=O) groups is 2. The molecule has 0 spiro atoms. The third-order valence-electron chi connectivity index (χ3n) is 5.20. The van der Waals surface area contributed by atoms with Gasteiger partial charge >= 0.3 is 7.12 Å². The Labute approximate surface area is 149 Å². The topological polar surface area (TPSA) is 55.8 Å². The molecule has 5 nitrogen and oxygen atoms in total. The van der Waals surface area contributed by atoms with Crippen molar-refractivity contribution in [1.29, 1.82) is 0 Å². The molecule has 25 heavy (non-hydrogen) atoms. The zero-order valence-corrected chi connectivity index (χ0v) is 15.2. The van der Waals surface area contributed by atoms with E-state index in [9.17, 15) is 9.59 Å². The molecule has 2 aliphatic heterocycles. The van der Waals surface area contributed by atoms with Crippen LogP contribution in [0.4, 0.5) is 0 Å². The summed E-state index contributed by atoms with van der Waals surface area (Å²) in [4.78, 5) is 25.9. The number of carbonyl (C=O) groups excluding carboxylic acids is 2. The molecule has 2 heterocycles. The molecule has 1 aromatic rings. The second kappa shape index (κ2) is 6.43. The summed E-state index contributed by atoms with van der Waals surface area (Å²) in [5, 5.41) is 0. The first-order valence-corrected chi connectivity index (χ1v) is 8.70. The molecule has 1 saturated heterocycles. The lowest BCUT2D eigenvalue weighted by molar-refractivity contribution is 0.00578. The van der Waals surface area contributed by atoms with Crippen LogP contribution in [-0.4, -0.2) is 41.6 Å². The first kappa shape index (κ1) is 17.9. The zero-order valence-electron chi connectivity index (χ0n) is 15.2. The Bertz CT molecular complexity index is 675. The maximum Gasteiger partial charge on any atom is 0.486 e. The molecular weight excluding hydrogens is 317 g/mol. The van der Waals surface area contributed by atoms with E-state index in [0.717, 1.165) is 6.42 Å². The van der Waals surface area contributed by atoms with Crippen molar-refractivity contribution in [2.45, 2.75) is 51.7 Å². The molecule has 1 aromatic carbocycles. The Kier molecular flexibility index (Phi) is 4.60. The molecule has 0 N–H and O–H groups in total. The third kappa shape index (κ3) is 3.28. The SMILES string of the molecule is CC1(C)OB(/C=C\CCCN2C(=O)c3ccccc3C2=O)OC1(C)C. The number of hydrogen-bond acceptors (Lipinski definition) is 4. The van der Waals surface area contributed by atoms with E-state index in [2.05, 4.69) is 0 Å². The molecule has 0 unspecified atom stereocenters. The van der Waals surface area contributed by atoms with Crippen LogP contribution >= 0.6 is 0 Å². The maximum absolute atomic E-state index is 12.3. The average Bonchev–Trinajstić information content (AvgIpc) is 2.91. The minimum atomic E-state index is -0.357. The van der Waals surface area contributed by atoms with E-state index < -0.39 is 0 Å². The van der Waals surface area contributed by atoms with Crippen molar-refractivity contribution in [1.82, 2.24) is 4.90 Å². The van der Waals surface area contributed by atoms with Gasteiger partial charge in [0.1, 0.15) is 0 Å². The van der Waals surface area contributed by atoms with Crippen LogP contribution in [0, 0.1) is 0 Å². The highest BCUT2D eigenvalue weighted by molar-refractivity contribution is 6.51. The van der Waals surface area contributed by atoms with Crippen LogP contribution in [0.15, 0.2) is 36.3 Å². The number of nitrogens with zero attached hydrogens (tertiary/aromatic N) is 1. The predicted octanol–water partition coefficient (Wildman–Crippen LogP) is 3.25. The molecule has 6 heteroatoms. The van der Waals surface area contributed by atoms with Crippen LogP contribution in [0.1, 0.15) is 61.3 Å². The number of unbranched alkanes of at least 4 members (excludes halogenated alkanes) is 1. The number of imide groups is 1. The van der Waals surface area contributed by atoms with Crippen molar-refractivity contribution in [3.63, 3.8) is 0 Å². The summed E-state index contributed by atoms with van der Waals surface area (Å²) in [7, 11) is -0.357. The monoisotopic (exact) mass is 341 g/mol. The molecule has 3 rings (SSSR count). The van der Waals surface area contributed by atoms with E-state index >= 15 is 0 Å². The normalized spacial score (nSPS) is 21.4. The molecule has 2 amide bonds. The van der Waals surface area contributed by atoms with Crippen molar-refractivity contribution in [2.75, 3.05) is 6.54 Å². The van der Waals surface area contributed by atoms with Crippen LogP contribution in [0.25, 0.3) is 0 Å². The van der Waals surface area contributed by atoms with Gasteiger partial charge in [-0.2, -0.15) is 0 Å². The smallest absolute Gasteiger partial charge is 0.400 e. The van der Waals surface area contributed by atoms with E-state index in [1.807, 2.05) is 39.7 Å². The van der Waals surface area contributed by atoms with Crippen molar-refractivity contribution in [3.8, 4) is 0 Å². The summed E-state index contributed by atoms with van der Waals surface area (Å²) in [6.07, 6.45) is 3.44. The van der Waals surface area contributed by atoms with Crippen molar-refractivity contribution in [3.05, 3.63) is 47.4 Å². The van der Waals surface area contributed by atoms with Crippen molar-refractivity contribution >= 4 is 18.9 Å². The summed E-state index contributed by atoms with van der Waals surface area (Å²) >= 11 is 0. The molecule has 0 bridgehead atoms. The van der Waals surface area contributed by atoms with Gasteiger partial charge in [0, 0.05) is 6.54 Å². The molecular formula is C19H24BNO4. The van der Waals surface area contributed by atoms with Gasteiger partial charge in [0.2, 0.25) is 0 Å². The number of rotatable bonds is 5. The quantitative estimate of drug-likeness (QED) is 0.469. The highest BCUT2D eigenvalue weighted by atomic mass is 16.7. The molecule has 0 radical (unpaired) electrons. The number of fused-ring (bicyclic) bond motifs is 1. The Morgan fingerprint density at radius 1 is 1.00 bits per heavy atom. The fraction of sp³-hybridized carbons (Fsp3) is 0.474. The number of amides is 2. The summed E-state index contributed by atoms with van der Waals surface area (Å²) < 4.78 is 11.8. The molecule has 1 fully saturated rings. The van der Waals surface area contributed by atoms with Gasteiger partial charge < -0.3 is 9.31 Å². The largest absolute Gasteiger partial charge is 0.486 e.